The average molecular weight is 195 g/mol. The van der Waals surface area contributed by atoms with Gasteiger partial charge in [0.25, 0.3) is 0 Å². The molecule has 3 nitrogen and oxygen atoms in total. The molecule has 0 aliphatic heterocycles. The molecule has 1 N–H and O–H groups in total. The molecule has 4 heteroatoms. The van der Waals surface area contributed by atoms with Crippen molar-refractivity contribution >= 4 is 11.3 Å². The SMILES string of the molecule is Cc1nc(C(C)NCCC#N)cs1. The Morgan fingerprint density at radius 1 is 1.77 bits per heavy atom. The van der Waals surface area contributed by atoms with Crippen LogP contribution in [0.3, 0.4) is 0 Å². The molecular formula is C9H13N3S. The van der Waals surface area contributed by atoms with Gasteiger partial charge in [0.1, 0.15) is 0 Å². The highest BCUT2D eigenvalue weighted by molar-refractivity contribution is 7.09. The summed E-state index contributed by atoms with van der Waals surface area (Å²) in [6.07, 6.45) is 0.549. The van der Waals surface area contributed by atoms with Gasteiger partial charge in [-0.1, -0.05) is 0 Å². The fourth-order valence-corrected chi connectivity index (χ4v) is 1.73. The Morgan fingerprint density at radius 3 is 3.08 bits per heavy atom. The number of nitriles is 1. The molecular weight excluding hydrogens is 182 g/mol. The van der Waals surface area contributed by atoms with Crippen molar-refractivity contribution in [3.63, 3.8) is 0 Å². The lowest BCUT2D eigenvalue weighted by atomic mass is 10.2. The van der Waals surface area contributed by atoms with Crippen LogP contribution in [0.4, 0.5) is 0 Å². The second kappa shape index (κ2) is 4.95. The van der Waals surface area contributed by atoms with E-state index >= 15 is 0 Å². The van der Waals surface area contributed by atoms with Gasteiger partial charge < -0.3 is 5.32 Å². The van der Waals surface area contributed by atoms with Crippen LogP contribution in [0, 0.1) is 18.3 Å². The van der Waals surface area contributed by atoms with Crippen molar-refractivity contribution in [1.82, 2.24) is 10.3 Å². The lowest BCUT2D eigenvalue weighted by Crippen LogP contribution is -2.19. The maximum atomic E-state index is 8.35. The lowest BCUT2D eigenvalue weighted by Gasteiger charge is -2.08. The van der Waals surface area contributed by atoms with Crippen LogP contribution in [0.15, 0.2) is 5.38 Å². The topological polar surface area (TPSA) is 48.7 Å². The van der Waals surface area contributed by atoms with Gasteiger partial charge in [0.05, 0.1) is 16.8 Å². The Kier molecular flexibility index (Phi) is 3.87. The monoisotopic (exact) mass is 195 g/mol. The quantitative estimate of drug-likeness (QED) is 0.748. The maximum Gasteiger partial charge on any atom is 0.0898 e. The van der Waals surface area contributed by atoms with Crippen molar-refractivity contribution in [2.24, 2.45) is 0 Å². The number of aryl methyl sites for hydroxylation is 1. The van der Waals surface area contributed by atoms with Gasteiger partial charge in [0.15, 0.2) is 0 Å². The number of hydrogen-bond donors (Lipinski definition) is 1. The van der Waals surface area contributed by atoms with Crippen LogP contribution in [0.5, 0.6) is 0 Å². The third-order valence-corrected chi connectivity index (χ3v) is 2.56. The van der Waals surface area contributed by atoms with Crippen LogP contribution in [0.2, 0.25) is 0 Å². The first-order valence-electron chi connectivity index (χ1n) is 4.26. The first-order chi connectivity index (χ1) is 6.24. The lowest BCUT2D eigenvalue weighted by molar-refractivity contribution is 0.571. The second-order valence-corrected chi connectivity index (χ2v) is 3.94. The van der Waals surface area contributed by atoms with Gasteiger partial charge in [-0.05, 0) is 13.8 Å². The van der Waals surface area contributed by atoms with Gasteiger partial charge in [0, 0.05) is 24.4 Å². The number of thiazole rings is 1. The molecule has 0 aliphatic carbocycles. The molecule has 13 heavy (non-hydrogen) atoms. The number of hydrogen-bond acceptors (Lipinski definition) is 4. The molecule has 1 aromatic heterocycles. The fourth-order valence-electron chi connectivity index (χ4n) is 1.03. The molecule has 0 saturated carbocycles. The molecule has 0 bridgehead atoms. The first kappa shape index (κ1) is 10.2. The largest absolute Gasteiger partial charge is 0.308 e. The van der Waals surface area contributed by atoms with E-state index in [2.05, 4.69) is 28.7 Å². The summed E-state index contributed by atoms with van der Waals surface area (Å²) in [5.74, 6) is 0. The van der Waals surface area contributed by atoms with Crippen LogP contribution in [0.1, 0.15) is 30.1 Å². The van der Waals surface area contributed by atoms with Crippen LogP contribution >= 0.6 is 11.3 Å². The van der Waals surface area contributed by atoms with Gasteiger partial charge in [-0.25, -0.2) is 4.98 Å². The van der Waals surface area contributed by atoms with E-state index in [0.29, 0.717) is 6.42 Å². The van der Waals surface area contributed by atoms with E-state index in [1.54, 1.807) is 11.3 Å². The molecule has 0 fully saturated rings. The molecule has 1 rings (SSSR count). The van der Waals surface area contributed by atoms with Crippen molar-refractivity contribution in [1.29, 1.82) is 5.26 Å². The third-order valence-electron chi connectivity index (χ3n) is 1.77. The summed E-state index contributed by atoms with van der Waals surface area (Å²) < 4.78 is 0. The van der Waals surface area contributed by atoms with Crippen LogP contribution < -0.4 is 5.32 Å². The molecule has 1 atom stereocenters. The molecule has 1 unspecified atom stereocenters. The zero-order valence-electron chi connectivity index (χ0n) is 7.87. The Balaban J connectivity index is 2.40. The predicted octanol–water partition coefficient (Wildman–Crippen LogP) is 2.02. The molecule has 0 radical (unpaired) electrons. The van der Waals surface area contributed by atoms with Gasteiger partial charge >= 0.3 is 0 Å². The van der Waals surface area contributed by atoms with E-state index < -0.39 is 0 Å². The van der Waals surface area contributed by atoms with E-state index in [1.165, 1.54) is 0 Å². The Morgan fingerprint density at radius 2 is 2.54 bits per heavy atom. The Bertz CT molecular complexity index is 300. The number of nitrogens with one attached hydrogen (secondary N) is 1. The van der Waals surface area contributed by atoms with Gasteiger partial charge in [0.2, 0.25) is 0 Å². The smallest absolute Gasteiger partial charge is 0.0898 e. The van der Waals surface area contributed by atoms with E-state index in [-0.39, 0.29) is 6.04 Å². The van der Waals surface area contributed by atoms with Crippen molar-refractivity contribution in [2.75, 3.05) is 6.54 Å². The zero-order valence-corrected chi connectivity index (χ0v) is 8.69. The van der Waals surface area contributed by atoms with Crippen LogP contribution in [-0.2, 0) is 0 Å². The van der Waals surface area contributed by atoms with Crippen LogP contribution in [-0.4, -0.2) is 11.5 Å². The van der Waals surface area contributed by atoms with E-state index in [0.717, 1.165) is 17.2 Å². The van der Waals surface area contributed by atoms with Crippen LogP contribution in [0.25, 0.3) is 0 Å². The van der Waals surface area contributed by atoms with Crippen molar-refractivity contribution < 1.29 is 0 Å². The number of aromatic nitrogens is 1. The summed E-state index contributed by atoms with van der Waals surface area (Å²) >= 11 is 1.66. The summed E-state index contributed by atoms with van der Waals surface area (Å²) in [5.41, 5.74) is 1.07. The first-order valence-corrected chi connectivity index (χ1v) is 5.14. The molecule has 0 aromatic carbocycles. The minimum Gasteiger partial charge on any atom is -0.308 e. The average Bonchev–Trinajstić information content (AvgIpc) is 2.52. The Labute approximate surface area is 82.4 Å². The molecule has 0 saturated heterocycles. The van der Waals surface area contributed by atoms with Gasteiger partial charge in [-0.3, -0.25) is 0 Å². The highest BCUT2D eigenvalue weighted by Gasteiger charge is 2.06. The standard InChI is InChI=1S/C9H13N3S/c1-7(11-5-3-4-10)9-6-13-8(2)12-9/h6-7,11H,3,5H2,1-2H3. The fraction of sp³-hybridized carbons (Fsp3) is 0.556. The second-order valence-electron chi connectivity index (χ2n) is 2.88. The highest BCUT2D eigenvalue weighted by atomic mass is 32.1. The summed E-state index contributed by atoms with van der Waals surface area (Å²) in [4.78, 5) is 4.36. The number of nitrogens with zero attached hydrogens (tertiary/aromatic N) is 2. The highest BCUT2D eigenvalue weighted by Crippen LogP contribution is 2.15. The normalized spacial score (nSPS) is 12.4. The molecule has 0 amide bonds. The predicted molar refractivity (Wildman–Crippen MR) is 53.5 cm³/mol. The van der Waals surface area contributed by atoms with E-state index in [4.69, 9.17) is 5.26 Å². The minimum absolute atomic E-state index is 0.248. The molecule has 0 spiro atoms. The van der Waals surface area contributed by atoms with E-state index in [1.807, 2.05) is 6.92 Å². The summed E-state index contributed by atoms with van der Waals surface area (Å²) in [7, 11) is 0. The van der Waals surface area contributed by atoms with Gasteiger partial charge in [-0.15, -0.1) is 11.3 Å². The van der Waals surface area contributed by atoms with E-state index in [9.17, 15) is 0 Å². The molecule has 1 aromatic rings. The summed E-state index contributed by atoms with van der Waals surface area (Å²) in [5, 5.41) is 14.7. The third kappa shape index (κ3) is 3.13. The molecule has 70 valence electrons. The minimum atomic E-state index is 0.248. The number of rotatable bonds is 4. The zero-order chi connectivity index (χ0) is 9.68. The van der Waals surface area contributed by atoms with Crippen molar-refractivity contribution in [2.45, 2.75) is 26.3 Å². The summed E-state index contributed by atoms with van der Waals surface area (Å²) in [6.45, 7) is 4.79. The Hall–Kier alpha value is -0.920. The summed E-state index contributed by atoms with van der Waals surface area (Å²) in [6, 6.07) is 2.35. The maximum absolute atomic E-state index is 8.35. The van der Waals surface area contributed by atoms with Gasteiger partial charge in [-0.2, -0.15) is 5.26 Å². The van der Waals surface area contributed by atoms with Crippen molar-refractivity contribution in [3.8, 4) is 6.07 Å². The molecule has 1 heterocycles. The van der Waals surface area contributed by atoms with Crippen molar-refractivity contribution in [3.05, 3.63) is 16.1 Å². The molecule has 0 aliphatic rings.